The molecule has 0 spiro atoms. The minimum absolute atomic E-state index is 0.281. The van der Waals surface area contributed by atoms with E-state index in [0.717, 1.165) is 12.1 Å². The Kier molecular flexibility index (Phi) is 5.49. The van der Waals surface area contributed by atoms with Crippen molar-refractivity contribution < 1.29 is 14.3 Å². The summed E-state index contributed by atoms with van der Waals surface area (Å²) in [6.07, 6.45) is 0.979. The molecular formula is C13H19NO3. The first kappa shape index (κ1) is 13.5. The van der Waals surface area contributed by atoms with Crippen LogP contribution in [0.15, 0.2) is 24.3 Å². The number of methoxy groups -OCH3 is 2. The van der Waals surface area contributed by atoms with E-state index < -0.39 is 0 Å². The van der Waals surface area contributed by atoms with Gasteiger partial charge in [-0.2, -0.15) is 0 Å². The van der Waals surface area contributed by atoms with Crippen molar-refractivity contribution in [2.24, 2.45) is 0 Å². The van der Waals surface area contributed by atoms with Crippen molar-refractivity contribution in [3.05, 3.63) is 29.8 Å². The van der Waals surface area contributed by atoms with Gasteiger partial charge in [0.15, 0.2) is 0 Å². The molecule has 0 saturated carbocycles. The van der Waals surface area contributed by atoms with E-state index in [0.29, 0.717) is 12.2 Å². The average Bonchev–Trinajstić information content (AvgIpc) is 2.38. The van der Waals surface area contributed by atoms with Crippen LogP contribution in [0.5, 0.6) is 0 Å². The number of rotatable bonds is 6. The highest BCUT2D eigenvalue weighted by Crippen LogP contribution is 2.12. The molecule has 1 atom stereocenters. The molecule has 1 aromatic rings. The molecule has 1 N–H and O–H groups in total. The van der Waals surface area contributed by atoms with Gasteiger partial charge in [0, 0.05) is 18.8 Å². The Bertz CT molecular complexity index is 348. The second kappa shape index (κ2) is 6.91. The molecule has 0 aliphatic carbocycles. The number of hydrogen-bond acceptors (Lipinski definition) is 4. The van der Waals surface area contributed by atoms with Gasteiger partial charge in [0.05, 0.1) is 19.3 Å². The molecule has 0 aromatic heterocycles. The van der Waals surface area contributed by atoms with Crippen molar-refractivity contribution in [2.75, 3.05) is 26.1 Å². The molecular weight excluding hydrogens is 218 g/mol. The number of carbonyl (C=O) groups excluding carboxylic acids is 1. The van der Waals surface area contributed by atoms with Gasteiger partial charge in [0.2, 0.25) is 0 Å². The molecule has 0 saturated heterocycles. The van der Waals surface area contributed by atoms with Crippen molar-refractivity contribution in [2.45, 2.75) is 19.4 Å². The lowest BCUT2D eigenvalue weighted by molar-refractivity contribution is 0.0601. The van der Waals surface area contributed by atoms with Crippen LogP contribution in [0.1, 0.15) is 23.7 Å². The van der Waals surface area contributed by atoms with Crippen LogP contribution in [0, 0.1) is 0 Å². The summed E-state index contributed by atoms with van der Waals surface area (Å²) in [4.78, 5) is 11.2. The molecule has 4 heteroatoms. The normalized spacial score (nSPS) is 11.9. The standard InChI is InChI=1S/C13H19NO3/c1-4-11(9-16-2)14-12-7-5-10(6-8-12)13(15)17-3/h5-8,11,14H,4,9H2,1-3H3. The molecule has 1 aromatic carbocycles. The van der Waals surface area contributed by atoms with E-state index in [2.05, 4.69) is 17.0 Å². The van der Waals surface area contributed by atoms with Crippen LogP contribution in [-0.2, 0) is 9.47 Å². The second-order valence-electron chi connectivity index (χ2n) is 3.77. The van der Waals surface area contributed by atoms with Crippen molar-refractivity contribution in [1.82, 2.24) is 0 Å². The first-order valence-corrected chi connectivity index (χ1v) is 5.65. The summed E-state index contributed by atoms with van der Waals surface area (Å²) in [6, 6.07) is 7.50. The third kappa shape index (κ3) is 4.07. The summed E-state index contributed by atoms with van der Waals surface area (Å²) in [5.41, 5.74) is 1.53. The Labute approximate surface area is 102 Å². The Morgan fingerprint density at radius 1 is 1.29 bits per heavy atom. The molecule has 4 nitrogen and oxygen atoms in total. The van der Waals surface area contributed by atoms with Gasteiger partial charge in [-0.1, -0.05) is 6.92 Å². The largest absolute Gasteiger partial charge is 0.465 e. The van der Waals surface area contributed by atoms with Crippen molar-refractivity contribution in [3.8, 4) is 0 Å². The number of benzene rings is 1. The van der Waals surface area contributed by atoms with Crippen LogP contribution in [0.4, 0.5) is 5.69 Å². The highest BCUT2D eigenvalue weighted by atomic mass is 16.5. The Hall–Kier alpha value is -1.55. The molecule has 0 bridgehead atoms. The maximum Gasteiger partial charge on any atom is 0.337 e. The molecule has 17 heavy (non-hydrogen) atoms. The molecule has 0 amide bonds. The van der Waals surface area contributed by atoms with E-state index in [1.54, 1.807) is 19.2 Å². The number of anilines is 1. The van der Waals surface area contributed by atoms with Crippen LogP contribution >= 0.6 is 0 Å². The fourth-order valence-electron chi connectivity index (χ4n) is 1.52. The molecule has 1 rings (SSSR count). The van der Waals surface area contributed by atoms with Gasteiger partial charge in [0.25, 0.3) is 0 Å². The zero-order valence-corrected chi connectivity index (χ0v) is 10.5. The van der Waals surface area contributed by atoms with Gasteiger partial charge in [-0.3, -0.25) is 0 Å². The van der Waals surface area contributed by atoms with E-state index in [1.807, 2.05) is 12.1 Å². The zero-order valence-electron chi connectivity index (χ0n) is 10.5. The van der Waals surface area contributed by atoms with Crippen molar-refractivity contribution >= 4 is 11.7 Å². The molecule has 1 unspecified atom stereocenters. The third-order valence-electron chi connectivity index (χ3n) is 2.54. The number of nitrogens with one attached hydrogen (secondary N) is 1. The van der Waals surface area contributed by atoms with Crippen LogP contribution in [0.3, 0.4) is 0 Å². The summed E-state index contributed by atoms with van der Waals surface area (Å²) >= 11 is 0. The molecule has 94 valence electrons. The minimum Gasteiger partial charge on any atom is -0.465 e. The molecule has 0 fully saturated rings. The minimum atomic E-state index is -0.319. The van der Waals surface area contributed by atoms with Crippen LogP contribution < -0.4 is 5.32 Å². The maximum atomic E-state index is 11.2. The Balaban J connectivity index is 2.64. The third-order valence-corrected chi connectivity index (χ3v) is 2.54. The maximum absolute atomic E-state index is 11.2. The number of esters is 1. The fraction of sp³-hybridized carbons (Fsp3) is 0.462. The lowest BCUT2D eigenvalue weighted by atomic mass is 10.2. The SMILES string of the molecule is CCC(COC)Nc1ccc(C(=O)OC)cc1. The summed E-state index contributed by atoms with van der Waals surface area (Å²) < 4.78 is 9.75. The van der Waals surface area contributed by atoms with E-state index in [1.165, 1.54) is 7.11 Å². The fourth-order valence-corrected chi connectivity index (χ4v) is 1.52. The Morgan fingerprint density at radius 3 is 2.41 bits per heavy atom. The van der Waals surface area contributed by atoms with Crippen LogP contribution in [-0.4, -0.2) is 32.8 Å². The Morgan fingerprint density at radius 2 is 1.94 bits per heavy atom. The summed E-state index contributed by atoms with van der Waals surface area (Å²) in [6.45, 7) is 2.76. The van der Waals surface area contributed by atoms with Gasteiger partial charge >= 0.3 is 5.97 Å². The van der Waals surface area contributed by atoms with E-state index in [4.69, 9.17) is 4.74 Å². The molecule has 0 heterocycles. The monoisotopic (exact) mass is 237 g/mol. The van der Waals surface area contributed by atoms with Crippen molar-refractivity contribution in [3.63, 3.8) is 0 Å². The van der Waals surface area contributed by atoms with Crippen LogP contribution in [0.25, 0.3) is 0 Å². The second-order valence-corrected chi connectivity index (χ2v) is 3.77. The summed E-state index contributed by atoms with van der Waals surface area (Å²) in [7, 11) is 3.06. The quantitative estimate of drug-likeness (QED) is 0.771. The number of hydrogen-bond donors (Lipinski definition) is 1. The highest BCUT2D eigenvalue weighted by Gasteiger charge is 2.07. The van der Waals surface area contributed by atoms with Gasteiger partial charge in [-0.25, -0.2) is 4.79 Å². The topological polar surface area (TPSA) is 47.6 Å². The highest BCUT2D eigenvalue weighted by molar-refractivity contribution is 5.89. The van der Waals surface area contributed by atoms with Gasteiger partial charge in [-0.15, -0.1) is 0 Å². The van der Waals surface area contributed by atoms with Gasteiger partial charge < -0.3 is 14.8 Å². The van der Waals surface area contributed by atoms with E-state index in [-0.39, 0.29) is 12.0 Å². The average molecular weight is 237 g/mol. The van der Waals surface area contributed by atoms with E-state index in [9.17, 15) is 4.79 Å². The van der Waals surface area contributed by atoms with Crippen molar-refractivity contribution in [1.29, 1.82) is 0 Å². The lowest BCUT2D eigenvalue weighted by Crippen LogP contribution is -2.23. The predicted octanol–water partition coefficient (Wildman–Crippen LogP) is 2.31. The van der Waals surface area contributed by atoms with Crippen LogP contribution in [0.2, 0.25) is 0 Å². The molecule has 0 aliphatic rings. The predicted molar refractivity (Wildman–Crippen MR) is 67.4 cm³/mol. The first-order chi connectivity index (χ1) is 8.21. The molecule has 0 aliphatic heterocycles. The summed E-state index contributed by atoms with van der Waals surface area (Å²) in [5, 5.41) is 3.34. The number of carbonyl (C=O) groups is 1. The zero-order chi connectivity index (χ0) is 12.7. The lowest BCUT2D eigenvalue weighted by Gasteiger charge is -2.17. The first-order valence-electron chi connectivity index (χ1n) is 5.65. The van der Waals surface area contributed by atoms with Gasteiger partial charge in [0.1, 0.15) is 0 Å². The number of ether oxygens (including phenoxy) is 2. The molecule has 0 radical (unpaired) electrons. The van der Waals surface area contributed by atoms with Gasteiger partial charge in [-0.05, 0) is 30.7 Å². The smallest absolute Gasteiger partial charge is 0.337 e. The van der Waals surface area contributed by atoms with E-state index >= 15 is 0 Å². The summed E-state index contributed by atoms with van der Waals surface area (Å²) in [5.74, 6) is -0.319.